The molecule has 3 N–H and O–H groups in total. The van der Waals surface area contributed by atoms with Crippen LogP contribution >= 0.6 is 0 Å². The molecule has 234 valence electrons. The second kappa shape index (κ2) is 12.4. The Morgan fingerprint density at radius 2 is 1.95 bits per heavy atom. The van der Waals surface area contributed by atoms with Crippen molar-refractivity contribution < 1.29 is 24.5 Å². The zero-order chi connectivity index (χ0) is 30.9. The average molecular weight is 602 g/mol. The maximum atomic E-state index is 13.4. The molecule has 0 bridgehead atoms. The van der Waals surface area contributed by atoms with Crippen LogP contribution in [0.4, 0.5) is 11.8 Å². The van der Waals surface area contributed by atoms with E-state index in [-0.39, 0.29) is 23.9 Å². The molecule has 6 atom stereocenters. The average Bonchev–Trinajstić information content (AvgIpc) is 3.41. The minimum Gasteiger partial charge on any atom is -0.423 e. The summed E-state index contributed by atoms with van der Waals surface area (Å²) in [6.07, 6.45) is 12.0. The number of hydrogen-bond donors (Lipinski definition) is 3. The molecule has 2 aliphatic carbocycles. The molecule has 2 aromatic rings. The monoisotopic (exact) mass is 601 g/mol. The summed E-state index contributed by atoms with van der Waals surface area (Å²) in [7, 11) is 0. The maximum Gasteiger partial charge on any atom is 0.341 e. The van der Waals surface area contributed by atoms with Crippen molar-refractivity contribution in [3.63, 3.8) is 0 Å². The normalized spacial score (nSPS) is 32.2. The van der Waals surface area contributed by atoms with Gasteiger partial charge in [0.1, 0.15) is 11.6 Å². The molecule has 3 fully saturated rings. The summed E-state index contributed by atoms with van der Waals surface area (Å²) in [5, 5.41) is 24.9. The van der Waals surface area contributed by atoms with Gasteiger partial charge in [-0.3, -0.25) is 0 Å². The lowest BCUT2D eigenvalue weighted by atomic mass is 9.46. The van der Waals surface area contributed by atoms with E-state index in [1.807, 2.05) is 25.1 Å². The zero-order valence-electron chi connectivity index (χ0n) is 25.6. The molecular formula is C34H43N5O5. The van der Waals surface area contributed by atoms with E-state index in [4.69, 9.17) is 9.47 Å². The van der Waals surface area contributed by atoms with Crippen LogP contribution in [0.25, 0.3) is 6.08 Å². The number of aliphatic hydroxyl groups excluding tert-OH is 2. The number of esters is 1. The molecule has 2 saturated carbocycles. The first-order valence-electron chi connectivity index (χ1n) is 15.7. The number of nitrogens with one attached hydrogen (secondary N) is 1. The number of rotatable bonds is 8. The first-order valence-corrected chi connectivity index (χ1v) is 15.7. The molecule has 6 rings (SSSR count). The maximum absolute atomic E-state index is 13.4. The Kier molecular flexibility index (Phi) is 8.59. The van der Waals surface area contributed by atoms with E-state index in [0.29, 0.717) is 49.2 Å². The number of pyridine rings is 1. The van der Waals surface area contributed by atoms with Crippen LogP contribution < -0.4 is 10.2 Å². The molecule has 3 unspecified atom stereocenters. The van der Waals surface area contributed by atoms with Crippen molar-refractivity contribution in [1.29, 1.82) is 0 Å². The van der Waals surface area contributed by atoms with Gasteiger partial charge in [-0.05, 0) is 73.6 Å². The number of fused-ring (bicyclic) bond motifs is 1. The highest BCUT2D eigenvalue weighted by Crippen LogP contribution is 2.62. The van der Waals surface area contributed by atoms with Gasteiger partial charge in [0.05, 0.1) is 37.5 Å². The van der Waals surface area contributed by atoms with Gasteiger partial charge in [0.15, 0.2) is 0 Å². The molecule has 0 amide bonds. The number of anilines is 2. The smallest absolute Gasteiger partial charge is 0.341 e. The first-order chi connectivity index (χ1) is 21.2. The highest BCUT2D eigenvalue weighted by Gasteiger charge is 2.58. The summed E-state index contributed by atoms with van der Waals surface area (Å²) in [6, 6.07) is 5.26. The van der Waals surface area contributed by atoms with Crippen molar-refractivity contribution in [2.45, 2.75) is 58.1 Å². The van der Waals surface area contributed by atoms with Gasteiger partial charge < -0.3 is 29.9 Å². The van der Waals surface area contributed by atoms with Gasteiger partial charge in [-0.2, -0.15) is 0 Å². The summed E-state index contributed by atoms with van der Waals surface area (Å²) in [5.41, 5.74) is 1.62. The van der Waals surface area contributed by atoms with E-state index in [9.17, 15) is 15.0 Å². The van der Waals surface area contributed by atoms with Crippen LogP contribution in [-0.4, -0.2) is 76.2 Å². The van der Waals surface area contributed by atoms with Gasteiger partial charge in [-0.1, -0.05) is 32.1 Å². The molecule has 2 aliphatic heterocycles. The summed E-state index contributed by atoms with van der Waals surface area (Å²) in [6.45, 7) is 11.5. The number of aromatic nitrogens is 3. The van der Waals surface area contributed by atoms with Crippen LogP contribution in [0, 0.1) is 22.7 Å². The Balaban J connectivity index is 1.28. The Morgan fingerprint density at radius 1 is 1.18 bits per heavy atom. The number of hydrogen-bond acceptors (Lipinski definition) is 10. The van der Waals surface area contributed by atoms with E-state index in [1.54, 1.807) is 30.7 Å². The number of morpholine rings is 1. The predicted octanol–water partition coefficient (Wildman–Crippen LogP) is 4.15. The zero-order valence-corrected chi connectivity index (χ0v) is 25.6. The van der Waals surface area contributed by atoms with Gasteiger partial charge in [-0.15, -0.1) is 0 Å². The quantitative estimate of drug-likeness (QED) is 0.300. The van der Waals surface area contributed by atoms with Gasteiger partial charge in [-0.25, -0.2) is 19.7 Å². The summed E-state index contributed by atoms with van der Waals surface area (Å²) in [5.74, 6) is 1.53. The Bertz CT molecular complexity index is 1420. The minimum absolute atomic E-state index is 0.0590. The molecule has 0 spiro atoms. The van der Waals surface area contributed by atoms with E-state index >= 15 is 0 Å². The largest absolute Gasteiger partial charge is 0.423 e. The van der Waals surface area contributed by atoms with Gasteiger partial charge in [0, 0.05) is 42.7 Å². The van der Waals surface area contributed by atoms with Crippen molar-refractivity contribution in [3.05, 3.63) is 71.9 Å². The van der Waals surface area contributed by atoms with Crippen LogP contribution in [0.5, 0.6) is 0 Å². The predicted molar refractivity (Wildman–Crippen MR) is 167 cm³/mol. The molecule has 0 radical (unpaired) electrons. The fourth-order valence-electron chi connectivity index (χ4n) is 7.98. The van der Waals surface area contributed by atoms with Gasteiger partial charge in [0.2, 0.25) is 5.95 Å². The number of cyclic esters (lactones) is 1. The second-order valence-corrected chi connectivity index (χ2v) is 13.1. The number of nitrogens with zero attached hydrogens (tertiary/aromatic N) is 4. The van der Waals surface area contributed by atoms with Crippen molar-refractivity contribution in [1.82, 2.24) is 15.0 Å². The highest BCUT2D eigenvalue weighted by molar-refractivity contribution is 5.95. The number of allylic oxidation sites excluding steroid dienone is 2. The number of aliphatic hydroxyl groups is 2. The Morgan fingerprint density at radius 3 is 2.66 bits per heavy atom. The van der Waals surface area contributed by atoms with Gasteiger partial charge in [0.25, 0.3) is 0 Å². The molecule has 10 nitrogen and oxygen atoms in total. The van der Waals surface area contributed by atoms with Gasteiger partial charge >= 0.3 is 5.97 Å². The Hall–Kier alpha value is -3.60. The molecule has 4 heterocycles. The van der Waals surface area contributed by atoms with E-state index in [0.717, 1.165) is 43.5 Å². The Labute approximate surface area is 258 Å². The molecule has 10 heteroatoms. The van der Waals surface area contributed by atoms with Crippen molar-refractivity contribution in [3.8, 4) is 0 Å². The van der Waals surface area contributed by atoms with Crippen LogP contribution in [0.15, 0.2) is 66.3 Å². The third kappa shape index (κ3) is 5.78. The van der Waals surface area contributed by atoms with Crippen molar-refractivity contribution in [2.24, 2.45) is 22.7 Å². The van der Waals surface area contributed by atoms with E-state index in [2.05, 4.69) is 38.7 Å². The third-order valence-electron chi connectivity index (χ3n) is 10.5. The lowest BCUT2D eigenvalue weighted by Gasteiger charge is -2.60. The van der Waals surface area contributed by atoms with E-state index in [1.165, 1.54) is 0 Å². The first kappa shape index (κ1) is 30.4. The molecule has 1 saturated heterocycles. The lowest BCUT2D eigenvalue weighted by Crippen LogP contribution is -2.58. The van der Waals surface area contributed by atoms with Crippen LogP contribution in [-0.2, 0) is 14.3 Å². The molecule has 4 aliphatic rings. The molecule has 44 heavy (non-hydrogen) atoms. The highest BCUT2D eigenvalue weighted by atomic mass is 16.5. The van der Waals surface area contributed by atoms with E-state index < -0.39 is 23.5 Å². The topological polar surface area (TPSA) is 130 Å². The van der Waals surface area contributed by atoms with Crippen molar-refractivity contribution >= 4 is 23.8 Å². The molecule has 2 aromatic heterocycles. The SMILES string of the molecule is C=C1CCC2[C@](C)(CC[C@@H](O)[C@@]2(C)CO)C1CC(Nc1ccccn1)C1=C/C(=C\c2cnc(N3CCOCC3)nc2)OC1=O. The second-order valence-electron chi connectivity index (χ2n) is 13.1. The van der Waals surface area contributed by atoms with Crippen LogP contribution in [0.2, 0.25) is 0 Å². The molecular weight excluding hydrogens is 558 g/mol. The fourth-order valence-corrected chi connectivity index (χ4v) is 7.98. The lowest BCUT2D eigenvalue weighted by molar-refractivity contribution is -0.152. The minimum atomic E-state index is -0.587. The van der Waals surface area contributed by atoms with Crippen LogP contribution in [0.1, 0.15) is 51.5 Å². The molecule has 0 aromatic carbocycles. The number of carbonyl (C=O) groups is 1. The standard InChI is InChI=1S/C34H43N5O5/c1-22-7-8-28-33(2,10-9-29(41)34(28,3)21-40)26(22)18-27(38-30-6-4-5-11-35-30)25-17-24(44-31(25)42)16-23-19-36-32(37-20-23)39-12-14-43-15-13-39/h4-6,11,16-17,19-20,26-29,40-41H,1,7-10,12-15,18,21H2,2-3H3,(H,35,38)/b24-16+/t26?,27?,28?,29-,33-,34+/m1/s1. The van der Waals surface area contributed by atoms with Crippen molar-refractivity contribution in [2.75, 3.05) is 43.1 Å². The third-order valence-corrected chi connectivity index (χ3v) is 10.5. The number of carbonyl (C=O) groups excluding carboxylic acids is 1. The summed E-state index contributed by atoms with van der Waals surface area (Å²) < 4.78 is 11.2. The fraction of sp³-hybridized carbons (Fsp3) is 0.529. The number of ether oxygens (including phenoxy) is 2. The van der Waals surface area contributed by atoms with Crippen LogP contribution in [0.3, 0.4) is 0 Å². The summed E-state index contributed by atoms with van der Waals surface area (Å²) >= 11 is 0. The summed E-state index contributed by atoms with van der Waals surface area (Å²) in [4.78, 5) is 29.0.